The van der Waals surface area contributed by atoms with Crippen molar-refractivity contribution in [2.75, 3.05) is 0 Å². The van der Waals surface area contributed by atoms with E-state index < -0.39 is 0 Å². The van der Waals surface area contributed by atoms with Gasteiger partial charge in [0.1, 0.15) is 0 Å². The van der Waals surface area contributed by atoms with E-state index in [0.29, 0.717) is 0 Å². The zero-order valence-corrected chi connectivity index (χ0v) is 9.27. The lowest BCUT2D eigenvalue weighted by Gasteiger charge is -1.99. The van der Waals surface area contributed by atoms with Crippen molar-refractivity contribution in [3.05, 3.63) is 54.6 Å². The van der Waals surface area contributed by atoms with Crippen molar-refractivity contribution in [1.29, 1.82) is 0 Å². The third-order valence-electron chi connectivity index (χ3n) is 3.05. The van der Waals surface area contributed by atoms with Crippen molar-refractivity contribution < 1.29 is 0 Å². The third-order valence-corrected chi connectivity index (χ3v) is 3.05. The quantitative estimate of drug-likeness (QED) is 0.563. The second-order valence-corrected chi connectivity index (χ2v) is 4.09. The first-order chi connectivity index (χ1) is 7.81. The van der Waals surface area contributed by atoms with Gasteiger partial charge < -0.3 is 4.57 Å². The van der Waals surface area contributed by atoms with Crippen LogP contribution in [0.2, 0.25) is 0 Å². The molecule has 0 fully saturated rings. The van der Waals surface area contributed by atoms with E-state index in [1.165, 1.54) is 27.4 Å². The molecule has 0 aliphatic rings. The number of para-hydroxylation sites is 1. The highest BCUT2D eigenvalue weighted by Gasteiger charge is 2.07. The average Bonchev–Trinajstić information content (AvgIpc) is 2.61. The SMILES string of the molecule is C=Cn1c2ccccc2c2ccc(C)cc21. The zero-order valence-electron chi connectivity index (χ0n) is 9.27. The topological polar surface area (TPSA) is 4.93 Å². The molecule has 3 rings (SSSR count). The number of fused-ring (bicyclic) bond motifs is 3. The van der Waals surface area contributed by atoms with Crippen LogP contribution in [0.1, 0.15) is 5.56 Å². The molecule has 1 aromatic heterocycles. The Labute approximate surface area is 94.6 Å². The van der Waals surface area contributed by atoms with Crippen LogP contribution in [0.5, 0.6) is 0 Å². The molecule has 0 radical (unpaired) electrons. The molecular weight excluding hydrogens is 194 g/mol. The van der Waals surface area contributed by atoms with Crippen LogP contribution in [0.3, 0.4) is 0 Å². The average molecular weight is 207 g/mol. The summed E-state index contributed by atoms with van der Waals surface area (Å²) in [6, 6.07) is 15.0. The minimum atomic E-state index is 1.22. The van der Waals surface area contributed by atoms with Crippen LogP contribution >= 0.6 is 0 Å². The van der Waals surface area contributed by atoms with Crippen molar-refractivity contribution in [1.82, 2.24) is 4.57 Å². The van der Waals surface area contributed by atoms with Gasteiger partial charge in [0.2, 0.25) is 0 Å². The summed E-state index contributed by atoms with van der Waals surface area (Å²) in [5, 5.41) is 2.58. The number of aryl methyl sites for hydroxylation is 1. The molecule has 16 heavy (non-hydrogen) atoms. The fourth-order valence-corrected chi connectivity index (χ4v) is 2.31. The number of rotatable bonds is 1. The van der Waals surface area contributed by atoms with Crippen LogP contribution in [0.4, 0.5) is 0 Å². The molecule has 0 unspecified atom stereocenters. The van der Waals surface area contributed by atoms with E-state index in [9.17, 15) is 0 Å². The summed E-state index contributed by atoms with van der Waals surface area (Å²) in [5.41, 5.74) is 3.73. The fourth-order valence-electron chi connectivity index (χ4n) is 2.31. The van der Waals surface area contributed by atoms with Gasteiger partial charge in [0.25, 0.3) is 0 Å². The maximum atomic E-state index is 3.90. The maximum absolute atomic E-state index is 3.90. The number of aromatic nitrogens is 1. The Hall–Kier alpha value is -2.02. The minimum absolute atomic E-state index is 1.22. The molecular formula is C15H13N. The van der Waals surface area contributed by atoms with Crippen molar-refractivity contribution in [2.45, 2.75) is 6.92 Å². The van der Waals surface area contributed by atoms with E-state index in [1.54, 1.807) is 0 Å². The first kappa shape index (κ1) is 9.22. The monoisotopic (exact) mass is 207 g/mol. The Morgan fingerprint density at radius 3 is 2.56 bits per heavy atom. The predicted octanol–water partition coefficient (Wildman–Crippen LogP) is 4.20. The summed E-state index contributed by atoms with van der Waals surface area (Å²) in [7, 11) is 0. The summed E-state index contributed by atoms with van der Waals surface area (Å²) in [6.07, 6.45) is 1.88. The van der Waals surface area contributed by atoms with E-state index in [1.807, 2.05) is 6.20 Å². The molecule has 0 amide bonds. The number of hydrogen-bond acceptors (Lipinski definition) is 0. The van der Waals surface area contributed by atoms with Crippen LogP contribution in [0, 0.1) is 6.92 Å². The van der Waals surface area contributed by atoms with E-state index >= 15 is 0 Å². The van der Waals surface area contributed by atoms with Gasteiger partial charge in [0, 0.05) is 17.0 Å². The molecule has 0 saturated carbocycles. The lowest BCUT2D eigenvalue weighted by atomic mass is 10.1. The largest absolute Gasteiger partial charge is 0.317 e. The Bertz CT molecular complexity index is 689. The van der Waals surface area contributed by atoms with Crippen molar-refractivity contribution in [3.8, 4) is 0 Å². The second-order valence-electron chi connectivity index (χ2n) is 4.09. The molecule has 78 valence electrons. The van der Waals surface area contributed by atoms with Crippen LogP contribution in [-0.2, 0) is 0 Å². The van der Waals surface area contributed by atoms with Gasteiger partial charge in [-0.1, -0.05) is 36.9 Å². The highest BCUT2D eigenvalue weighted by molar-refractivity contribution is 6.09. The van der Waals surface area contributed by atoms with Gasteiger partial charge in [-0.25, -0.2) is 0 Å². The van der Waals surface area contributed by atoms with E-state index in [-0.39, 0.29) is 0 Å². The molecule has 1 nitrogen and oxygen atoms in total. The van der Waals surface area contributed by atoms with Crippen molar-refractivity contribution >= 4 is 28.0 Å². The fraction of sp³-hybridized carbons (Fsp3) is 0.0667. The molecule has 0 aliphatic carbocycles. The summed E-state index contributed by atoms with van der Waals surface area (Å²) in [4.78, 5) is 0. The Morgan fingerprint density at radius 2 is 1.75 bits per heavy atom. The van der Waals surface area contributed by atoms with Crippen LogP contribution < -0.4 is 0 Å². The van der Waals surface area contributed by atoms with Crippen molar-refractivity contribution in [2.24, 2.45) is 0 Å². The number of benzene rings is 2. The molecule has 0 atom stereocenters. The summed E-state index contributed by atoms with van der Waals surface area (Å²) >= 11 is 0. The molecule has 0 saturated heterocycles. The Kier molecular flexibility index (Phi) is 1.87. The lowest BCUT2D eigenvalue weighted by molar-refractivity contribution is 1.29. The highest BCUT2D eigenvalue weighted by Crippen LogP contribution is 2.29. The smallest absolute Gasteiger partial charge is 0.0537 e. The van der Waals surface area contributed by atoms with E-state index in [4.69, 9.17) is 0 Å². The minimum Gasteiger partial charge on any atom is -0.317 e. The number of nitrogens with zero attached hydrogens (tertiary/aromatic N) is 1. The van der Waals surface area contributed by atoms with Crippen LogP contribution in [0.15, 0.2) is 49.0 Å². The van der Waals surface area contributed by atoms with Gasteiger partial charge >= 0.3 is 0 Å². The van der Waals surface area contributed by atoms with Gasteiger partial charge in [0.15, 0.2) is 0 Å². The second kappa shape index (κ2) is 3.24. The Morgan fingerprint density at radius 1 is 1.00 bits per heavy atom. The molecule has 0 spiro atoms. The predicted molar refractivity (Wildman–Crippen MR) is 70.6 cm³/mol. The standard InChI is InChI=1S/C15H13N/c1-3-16-14-7-5-4-6-12(14)13-9-8-11(2)10-15(13)16/h3-10H,1H2,2H3. The Balaban J connectivity index is 2.63. The summed E-state index contributed by atoms with van der Waals surface area (Å²) in [5.74, 6) is 0. The zero-order chi connectivity index (χ0) is 11.1. The van der Waals surface area contributed by atoms with Crippen LogP contribution in [0.25, 0.3) is 28.0 Å². The highest BCUT2D eigenvalue weighted by atomic mass is 14.9. The molecule has 3 aromatic rings. The van der Waals surface area contributed by atoms with E-state index in [2.05, 4.69) is 60.5 Å². The normalized spacial score (nSPS) is 11.1. The summed E-state index contributed by atoms with van der Waals surface area (Å²) in [6.45, 7) is 6.01. The lowest BCUT2D eigenvalue weighted by Crippen LogP contribution is -1.84. The van der Waals surface area contributed by atoms with Gasteiger partial charge in [-0.05, 0) is 24.6 Å². The molecule has 1 heteroatoms. The summed E-state index contributed by atoms with van der Waals surface area (Å²) < 4.78 is 2.15. The first-order valence-electron chi connectivity index (χ1n) is 5.43. The molecule has 2 aromatic carbocycles. The molecule has 1 heterocycles. The van der Waals surface area contributed by atoms with Crippen molar-refractivity contribution in [3.63, 3.8) is 0 Å². The van der Waals surface area contributed by atoms with Crippen LogP contribution in [-0.4, -0.2) is 4.57 Å². The van der Waals surface area contributed by atoms with Gasteiger partial charge in [-0.2, -0.15) is 0 Å². The van der Waals surface area contributed by atoms with Gasteiger partial charge in [0.05, 0.1) is 11.0 Å². The third kappa shape index (κ3) is 1.12. The molecule has 0 bridgehead atoms. The maximum Gasteiger partial charge on any atom is 0.0537 e. The number of hydrogen-bond donors (Lipinski definition) is 0. The van der Waals surface area contributed by atoms with E-state index in [0.717, 1.165) is 0 Å². The van der Waals surface area contributed by atoms with Gasteiger partial charge in [-0.3, -0.25) is 0 Å². The molecule has 0 aliphatic heterocycles. The van der Waals surface area contributed by atoms with Gasteiger partial charge in [-0.15, -0.1) is 0 Å². The first-order valence-corrected chi connectivity index (χ1v) is 5.43. The molecule has 0 N–H and O–H groups in total.